The van der Waals surface area contributed by atoms with Crippen molar-refractivity contribution in [1.82, 2.24) is 4.57 Å². The van der Waals surface area contributed by atoms with Gasteiger partial charge in [0.05, 0.1) is 12.7 Å². The van der Waals surface area contributed by atoms with Gasteiger partial charge in [-0.1, -0.05) is 0 Å². The zero-order valence-electron chi connectivity index (χ0n) is 8.55. The van der Waals surface area contributed by atoms with Crippen molar-refractivity contribution in [2.45, 2.75) is 27.3 Å². The van der Waals surface area contributed by atoms with Crippen molar-refractivity contribution >= 4 is 0 Å². The predicted molar refractivity (Wildman–Crippen MR) is 52.4 cm³/mol. The molecule has 0 saturated heterocycles. The summed E-state index contributed by atoms with van der Waals surface area (Å²) in [5.74, 6) is 0.665. The van der Waals surface area contributed by atoms with Crippen LogP contribution < -0.4 is 10.2 Å². The van der Waals surface area contributed by atoms with Gasteiger partial charge < -0.3 is 9.30 Å². The minimum atomic E-state index is 0.0709. The Labute approximate surface area is 78.0 Å². The monoisotopic (exact) mass is 181 g/mol. The van der Waals surface area contributed by atoms with Crippen molar-refractivity contribution in [3.05, 3.63) is 27.5 Å². The fourth-order valence-electron chi connectivity index (χ4n) is 1.46. The van der Waals surface area contributed by atoms with Crippen molar-refractivity contribution in [2.75, 3.05) is 7.11 Å². The number of rotatable bonds is 2. The highest BCUT2D eigenvalue weighted by molar-refractivity contribution is 5.29. The summed E-state index contributed by atoms with van der Waals surface area (Å²) in [4.78, 5) is 11.5. The molecule has 0 amide bonds. The Hall–Kier alpha value is -1.25. The van der Waals surface area contributed by atoms with Crippen molar-refractivity contribution in [2.24, 2.45) is 0 Å². The highest BCUT2D eigenvalue weighted by atomic mass is 16.5. The van der Waals surface area contributed by atoms with Crippen LogP contribution in [0.15, 0.2) is 11.0 Å². The molecule has 0 bridgehead atoms. The average Bonchev–Trinajstić information content (AvgIpc) is 2.13. The van der Waals surface area contributed by atoms with Crippen molar-refractivity contribution in [3.8, 4) is 5.88 Å². The summed E-state index contributed by atoms with van der Waals surface area (Å²) >= 11 is 0. The smallest absolute Gasteiger partial charge is 0.200 e. The maximum absolute atomic E-state index is 11.5. The van der Waals surface area contributed by atoms with Crippen LogP contribution >= 0.6 is 0 Å². The van der Waals surface area contributed by atoms with Gasteiger partial charge in [0, 0.05) is 18.3 Å². The maximum Gasteiger partial charge on any atom is 0.200 e. The lowest BCUT2D eigenvalue weighted by atomic mass is 10.2. The molecule has 0 unspecified atom stereocenters. The highest BCUT2D eigenvalue weighted by Crippen LogP contribution is 2.14. The summed E-state index contributed by atoms with van der Waals surface area (Å²) < 4.78 is 7.10. The highest BCUT2D eigenvalue weighted by Gasteiger charge is 2.08. The number of aromatic nitrogens is 1. The molecule has 3 nitrogen and oxygen atoms in total. The topological polar surface area (TPSA) is 31.2 Å². The Bertz CT molecular complexity index is 366. The van der Waals surface area contributed by atoms with Crippen LogP contribution in [0, 0.1) is 13.8 Å². The van der Waals surface area contributed by atoms with E-state index in [2.05, 4.69) is 0 Å². The molecule has 1 aromatic heterocycles. The first kappa shape index (κ1) is 9.84. The molecule has 72 valence electrons. The SMILES string of the molecule is CCn1cc(C)c(=O)c(C)c1OC. The van der Waals surface area contributed by atoms with Crippen LogP contribution in [0.25, 0.3) is 0 Å². The van der Waals surface area contributed by atoms with Crippen LogP contribution in [0.3, 0.4) is 0 Å². The van der Waals surface area contributed by atoms with Crippen LogP contribution in [0.5, 0.6) is 5.88 Å². The molecule has 0 saturated carbocycles. The number of hydrogen-bond donors (Lipinski definition) is 0. The average molecular weight is 181 g/mol. The van der Waals surface area contributed by atoms with E-state index in [0.29, 0.717) is 11.4 Å². The molecule has 13 heavy (non-hydrogen) atoms. The molecular formula is C10H15NO2. The molecule has 0 spiro atoms. The van der Waals surface area contributed by atoms with E-state index in [9.17, 15) is 4.79 Å². The van der Waals surface area contributed by atoms with Crippen LogP contribution in [-0.2, 0) is 6.54 Å². The zero-order valence-corrected chi connectivity index (χ0v) is 8.55. The van der Waals surface area contributed by atoms with Gasteiger partial charge in [-0.2, -0.15) is 0 Å². The van der Waals surface area contributed by atoms with Gasteiger partial charge in [0.2, 0.25) is 0 Å². The molecule has 0 aliphatic rings. The van der Waals surface area contributed by atoms with Crippen LogP contribution in [0.4, 0.5) is 0 Å². The number of nitrogens with zero attached hydrogens (tertiary/aromatic N) is 1. The minimum Gasteiger partial charge on any atom is -0.482 e. The van der Waals surface area contributed by atoms with Crippen molar-refractivity contribution in [3.63, 3.8) is 0 Å². The lowest BCUT2D eigenvalue weighted by molar-refractivity contribution is 0.366. The van der Waals surface area contributed by atoms with E-state index in [1.165, 1.54) is 0 Å². The molecule has 1 rings (SSSR count). The molecule has 0 atom stereocenters. The minimum absolute atomic E-state index is 0.0709. The number of ether oxygens (including phenoxy) is 1. The Morgan fingerprint density at radius 3 is 2.54 bits per heavy atom. The fraction of sp³-hybridized carbons (Fsp3) is 0.500. The first-order valence-electron chi connectivity index (χ1n) is 4.36. The number of aryl methyl sites for hydroxylation is 2. The second-order valence-corrected chi connectivity index (χ2v) is 3.06. The third-order valence-corrected chi connectivity index (χ3v) is 2.16. The third kappa shape index (κ3) is 1.59. The normalized spacial score (nSPS) is 10.2. The van der Waals surface area contributed by atoms with Crippen LogP contribution in [-0.4, -0.2) is 11.7 Å². The van der Waals surface area contributed by atoms with Gasteiger partial charge in [-0.3, -0.25) is 4.79 Å². The molecule has 0 N–H and O–H groups in total. The Morgan fingerprint density at radius 2 is 2.08 bits per heavy atom. The van der Waals surface area contributed by atoms with E-state index in [1.54, 1.807) is 14.0 Å². The lowest BCUT2D eigenvalue weighted by Gasteiger charge is -2.13. The maximum atomic E-state index is 11.5. The molecule has 0 radical (unpaired) electrons. The van der Waals surface area contributed by atoms with Crippen LogP contribution in [0.1, 0.15) is 18.1 Å². The van der Waals surface area contributed by atoms with E-state index in [-0.39, 0.29) is 5.43 Å². The van der Waals surface area contributed by atoms with Crippen LogP contribution in [0.2, 0.25) is 0 Å². The standard InChI is InChI=1S/C10H15NO2/c1-5-11-6-7(2)9(12)8(3)10(11)13-4/h6H,5H2,1-4H3. The molecular weight excluding hydrogens is 166 g/mol. The second kappa shape index (κ2) is 3.64. The van der Waals surface area contributed by atoms with Gasteiger partial charge in [0.25, 0.3) is 0 Å². The van der Waals surface area contributed by atoms with Gasteiger partial charge in [0.15, 0.2) is 11.3 Å². The summed E-state index contributed by atoms with van der Waals surface area (Å²) in [5, 5.41) is 0. The van der Waals surface area contributed by atoms with Crippen molar-refractivity contribution < 1.29 is 4.74 Å². The first-order chi connectivity index (χ1) is 6.11. The van der Waals surface area contributed by atoms with E-state index >= 15 is 0 Å². The third-order valence-electron chi connectivity index (χ3n) is 2.16. The second-order valence-electron chi connectivity index (χ2n) is 3.06. The zero-order chi connectivity index (χ0) is 10.0. The largest absolute Gasteiger partial charge is 0.482 e. The van der Waals surface area contributed by atoms with Gasteiger partial charge in [-0.05, 0) is 20.8 Å². The summed E-state index contributed by atoms with van der Waals surface area (Å²) in [5.41, 5.74) is 1.52. The van der Waals surface area contributed by atoms with Gasteiger partial charge in [0.1, 0.15) is 0 Å². The van der Waals surface area contributed by atoms with Gasteiger partial charge in [-0.15, -0.1) is 0 Å². The van der Waals surface area contributed by atoms with E-state index in [1.807, 2.05) is 24.6 Å². The summed E-state index contributed by atoms with van der Waals surface area (Å²) in [6, 6.07) is 0. The fourth-order valence-corrected chi connectivity index (χ4v) is 1.46. The first-order valence-corrected chi connectivity index (χ1v) is 4.36. The molecule has 1 heterocycles. The Balaban J connectivity index is 3.48. The molecule has 0 fully saturated rings. The van der Waals surface area contributed by atoms with E-state index in [0.717, 1.165) is 12.1 Å². The predicted octanol–water partition coefficient (Wildman–Crippen LogP) is 1.49. The van der Waals surface area contributed by atoms with E-state index in [4.69, 9.17) is 4.74 Å². The van der Waals surface area contributed by atoms with Gasteiger partial charge >= 0.3 is 0 Å². The lowest BCUT2D eigenvalue weighted by Crippen LogP contribution is -2.16. The summed E-state index contributed by atoms with van der Waals surface area (Å²) in [6.45, 7) is 6.44. The number of methoxy groups -OCH3 is 1. The molecule has 1 aromatic rings. The molecule has 0 aliphatic heterocycles. The van der Waals surface area contributed by atoms with E-state index < -0.39 is 0 Å². The van der Waals surface area contributed by atoms with Crippen molar-refractivity contribution in [1.29, 1.82) is 0 Å². The summed E-state index contributed by atoms with van der Waals surface area (Å²) in [7, 11) is 1.59. The molecule has 3 heteroatoms. The summed E-state index contributed by atoms with van der Waals surface area (Å²) in [6.07, 6.45) is 1.83. The Kier molecular flexibility index (Phi) is 2.76. The number of pyridine rings is 1. The quantitative estimate of drug-likeness (QED) is 0.692. The number of hydrogen-bond acceptors (Lipinski definition) is 2. The Morgan fingerprint density at radius 1 is 1.46 bits per heavy atom. The van der Waals surface area contributed by atoms with Gasteiger partial charge in [-0.25, -0.2) is 0 Å². The molecule has 0 aromatic carbocycles. The molecule has 0 aliphatic carbocycles.